The number of hydrogen-bond acceptors (Lipinski definition) is 3. The molecule has 144 valence electrons. The van der Waals surface area contributed by atoms with Crippen LogP contribution in [0.3, 0.4) is 0 Å². The zero-order valence-corrected chi connectivity index (χ0v) is 16.1. The lowest BCUT2D eigenvalue weighted by molar-refractivity contribution is -0.136. The molecule has 0 spiro atoms. The summed E-state index contributed by atoms with van der Waals surface area (Å²) in [7, 11) is 0. The van der Waals surface area contributed by atoms with Gasteiger partial charge in [0.05, 0.1) is 17.8 Å². The molecule has 4 rings (SSSR count). The molecule has 1 saturated carbocycles. The van der Waals surface area contributed by atoms with Gasteiger partial charge in [0, 0.05) is 22.7 Å². The van der Waals surface area contributed by atoms with E-state index >= 15 is 0 Å². The van der Waals surface area contributed by atoms with E-state index in [0.29, 0.717) is 23.0 Å². The molecule has 0 radical (unpaired) electrons. The van der Waals surface area contributed by atoms with Crippen molar-refractivity contribution in [1.29, 1.82) is 0 Å². The van der Waals surface area contributed by atoms with Gasteiger partial charge in [0.2, 0.25) is 0 Å². The first-order valence-electron chi connectivity index (χ1n) is 9.49. The molecule has 0 bridgehead atoms. The van der Waals surface area contributed by atoms with E-state index in [9.17, 15) is 9.59 Å². The molecule has 0 aromatic heterocycles. The molecule has 5 nitrogen and oxygen atoms in total. The van der Waals surface area contributed by atoms with E-state index < -0.39 is 12.0 Å². The van der Waals surface area contributed by atoms with Gasteiger partial charge in [-0.25, -0.2) is 0 Å². The lowest BCUT2D eigenvalue weighted by Gasteiger charge is -2.25. The Morgan fingerprint density at radius 1 is 1.18 bits per heavy atom. The first-order valence-corrected chi connectivity index (χ1v) is 9.87. The van der Waals surface area contributed by atoms with E-state index in [1.807, 2.05) is 36.4 Å². The van der Waals surface area contributed by atoms with Crippen LogP contribution in [0.2, 0.25) is 5.02 Å². The number of nitrogens with zero attached hydrogens (tertiary/aromatic N) is 2. The Balaban J connectivity index is 1.85. The minimum Gasteiger partial charge on any atom is -0.481 e. The van der Waals surface area contributed by atoms with Crippen LogP contribution >= 0.6 is 11.6 Å². The number of halogens is 1. The monoisotopic (exact) mass is 396 g/mol. The minimum absolute atomic E-state index is 0.113. The molecule has 0 saturated heterocycles. The zero-order chi connectivity index (χ0) is 19.7. The molecule has 1 N–H and O–H groups in total. The molecule has 0 unspecified atom stereocenters. The van der Waals surface area contributed by atoms with Gasteiger partial charge in [-0.05, 0) is 30.5 Å². The number of carbonyl (C=O) groups excluding carboxylic acids is 1. The maximum absolute atomic E-state index is 13.3. The van der Waals surface area contributed by atoms with Crippen LogP contribution in [0.4, 0.5) is 5.69 Å². The summed E-state index contributed by atoms with van der Waals surface area (Å²) in [5, 5.41) is 9.71. The lowest BCUT2D eigenvalue weighted by atomic mass is 10.00. The minimum atomic E-state index is -0.935. The second kappa shape index (κ2) is 7.76. The number of amides is 1. The van der Waals surface area contributed by atoms with Crippen molar-refractivity contribution < 1.29 is 14.7 Å². The van der Waals surface area contributed by atoms with Crippen molar-refractivity contribution in [1.82, 2.24) is 0 Å². The summed E-state index contributed by atoms with van der Waals surface area (Å²) in [6.07, 6.45) is 2.81. The SMILES string of the molecule is O=C(O)CCN1C(=O)[C@H](CC2CC2)N=C(c2ccccc2)c2cc(Cl)ccc21. The normalized spacial score (nSPS) is 19.0. The number of benzodiazepines with no additional fused rings is 1. The van der Waals surface area contributed by atoms with Gasteiger partial charge in [-0.1, -0.05) is 54.8 Å². The molecule has 6 heteroatoms. The summed E-state index contributed by atoms with van der Waals surface area (Å²) in [6, 6.07) is 14.6. The van der Waals surface area contributed by atoms with Crippen molar-refractivity contribution >= 4 is 34.9 Å². The number of aliphatic carboxylic acids is 1. The number of anilines is 1. The van der Waals surface area contributed by atoms with Crippen LogP contribution in [0.25, 0.3) is 0 Å². The predicted molar refractivity (Wildman–Crippen MR) is 109 cm³/mol. The number of hydrogen-bond donors (Lipinski definition) is 1. The van der Waals surface area contributed by atoms with Crippen LogP contribution < -0.4 is 4.90 Å². The maximum Gasteiger partial charge on any atom is 0.305 e. The summed E-state index contributed by atoms with van der Waals surface area (Å²) in [6.45, 7) is 0.113. The van der Waals surface area contributed by atoms with Crippen molar-refractivity contribution in [2.45, 2.75) is 31.7 Å². The summed E-state index contributed by atoms with van der Waals surface area (Å²) in [4.78, 5) is 31.0. The first kappa shape index (κ1) is 18.7. The highest BCUT2D eigenvalue weighted by molar-refractivity contribution is 6.32. The van der Waals surface area contributed by atoms with Crippen molar-refractivity contribution in [3.63, 3.8) is 0 Å². The van der Waals surface area contributed by atoms with Crippen molar-refractivity contribution in [2.75, 3.05) is 11.4 Å². The Kier molecular flexibility index (Phi) is 5.18. The third kappa shape index (κ3) is 3.94. The van der Waals surface area contributed by atoms with Crippen molar-refractivity contribution in [3.8, 4) is 0 Å². The number of carboxylic acid groups (broad SMARTS) is 1. The summed E-state index contributed by atoms with van der Waals surface area (Å²) < 4.78 is 0. The largest absolute Gasteiger partial charge is 0.481 e. The van der Waals surface area contributed by atoms with Crippen LogP contribution in [-0.2, 0) is 9.59 Å². The van der Waals surface area contributed by atoms with E-state index in [0.717, 1.165) is 29.7 Å². The van der Waals surface area contributed by atoms with Crippen LogP contribution in [0.5, 0.6) is 0 Å². The molecule has 2 aromatic rings. The van der Waals surface area contributed by atoms with Crippen LogP contribution in [0.15, 0.2) is 53.5 Å². The Hall–Kier alpha value is -2.66. The second-order valence-corrected chi connectivity index (χ2v) is 7.77. The molecule has 28 heavy (non-hydrogen) atoms. The number of fused-ring (bicyclic) bond motifs is 1. The highest BCUT2D eigenvalue weighted by Gasteiger charge is 2.36. The molecule has 1 heterocycles. The molecule has 1 fully saturated rings. The highest BCUT2D eigenvalue weighted by Crippen LogP contribution is 2.37. The maximum atomic E-state index is 13.3. The summed E-state index contributed by atoms with van der Waals surface area (Å²) in [5.41, 5.74) is 3.07. The Morgan fingerprint density at radius 2 is 1.93 bits per heavy atom. The number of carbonyl (C=O) groups is 2. The fourth-order valence-electron chi connectivity index (χ4n) is 3.60. The Morgan fingerprint density at radius 3 is 2.61 bits per heavy atom. The molecule has 2 aliphatic rings. The molecule has 1 atom stereocenters. The van der Waals surface area contributed by atoms with Crippen molar-refractivity contribution in [3.05, 3.63) is 64.7 Å². The Labute approximate surface area is 168 Å². The third-order valence-electron chi connectivity index (χ3n) is 5.19. The molecule has 1 amide bonds. The van der Waals surface area contributed by atoms with Crippen molar-refractivity contribution in [2.24, 2.45) is 10.9 Å². The molecular weight excluding hydrogens is 376 g/mol. The topological polar surface area (TPSA) is 70.0 Å². The number of carboxylic acids is 1. The number of benzene rings is 2. The second-order valence-electron chi connectivity index (χ2n) is 7.33. The van der Waals surface area contributed by atoms with Gasteiger partial charge in [-0.2, -0.15) is 0 Å². The number of aliphatic imine (C=N–C) groups is 1. The zero-order valence-electron chi connectivity index (χ0n) is 15.3. The van der Waals surface area contributed by atoms with E-state index in [1.165, 1.54) is 0 Å². The molecular formula is C22H21ClN2O3. The van der Waals surface area contributed by atoms with E-state index in [-0.39, 0.29) is 18.9 Å². The molecule has 1 aliphatic carbocycles. The van der Waals surface area contributed by atoms with Crippen LogP contribution in [-0.4, -0.2) is 35.3 Å². The van der Waals surface area contributed by atoms with Gasteiger partial charge in [0.1, 0.15) is 6.04 Å². The van der Waals surface area contributed by atoms with Gasteiger partial charge in [0.15, 0.2) is 0 Å². The van der Waals surface area contributed by atoms with Crippen LogP contribution in [0.1, 0.15) is 36.8 Å². The lowest BCUT2D eigenvalue weighted by Crippen LogP contribution is -2.39. The highest BCUT2D eigenvalue weighted by atomic mass is 35.5. The van der Waals surface area contributed by atoms with Gasteiger partial charge in [-0.3, -0.25) is 14.6 Å². The fraction of sp³-hybridized carbons (Fsp3) is 0.318. The molecule has 2 aromatic carbocycles. The van der Waals surface area contributed by atoms with E-state index in [1.54, 1.807) is 17.0 Å². The first-order chi connectivity index (χ1) is 13.5. The third-order valence-corrected chi connectivity index (χ3v) is 5.43. The van der Waals surface area contributed by atoms with Gasteiger partial charge in [0.25, 0.3) is 5.91 Å². The quantitative estimate of drug-likeness (QED) is 0.796. The summed E-state index contributed by atoms with van der Waals surface area (Å²) in [5.74, 6) is -0.556. The Bertz CT molecular complexity index is 938. The molecule has 1 aliphatic heterocycles. The standard InChI is InChI=1S/C22H21ClN2O3/c23-16-8-9-19-17(13-16)21(15-4-2-1-3-5-15)24-18(12-14-6-7-14)22(28)25(19)11-10-20(26)27/h1-5,8-9,13-14,18H,6-7,10-12H2,(H,26,27)/t18-/m0/s1. The van der Waals surface area contributed by atoms with E-state index in [4.69, 9.17) is 21.7 Å². The van der Waals surface area contributed by atoms with E-state index in [2.05, 4.69) is 0 Å². The predicted octanol–water partition coefficient (Wildman–Crippen LogP) is 4.17. The average molecular weight is 397 g/mol. The van der Waals surface area contributed by atoms with Crippen LogP contribution in [0, 0.1) is 5.92 Å². The smallest absolute Gasteiger partial charge is 0.305 e. The number of rotatable bonds is 6. The van der Waals surface area contributed by atoms with Gasteiger partial charge < -0.3 is 10.0 Å². The average Bonchev–Trinajstić information content (AvgIpc) is 3.51. The summed E-state index contributed by atoms with van der Waals surface area (Å²) >= 11 is 6.27. The van der Waals surface area contributed by atoms with Gasteiger partial charge >= 0.3 is 5.97 Å². The fourth-order valence-corrected chi connectivity index (χ4v) is 3.77. The van der Waals surface area contributed by atoms with Gasteiger partial charge in [-0.15, -0.1) is 0 Å².